The van der Waals surface area contributed by atoms with Gasteiger partial charge in [-0.05, 0) is 49.0 Å². The van der Waals surface area contributed by atoms with Crippen molar-refractivity contribution in [2.45, 2.75) is 58.8 Å². The van der Waals surface area contributed by atoms with Crippen molar-refractivity contribution in [1.82, 2.24) is 0 Å². The van der Waals surface area contributed by atoms with Gasteiger partial charge in [0.05, 0.1) is 31.8 Å². The average molecular weight is 387 g/mol. The second kappa shape index (κ2) is 10.6. The van der Waals surface area contributed by atoms with Crippen molar-refractivity contribution < 1.29 is 19.0 Å². The highest BCUT2D eigenvalue weighted by Gasteiger charge is 2.42. The summed E-state index contributed by atoms with van der Waals surface area (Å²) < 4.78 is 17.1. The van der Waals surface area contributed by atoms with Crippen LogP contribution in [0.15, 0.2) is 48.1 Å². The van der Waals surface area contributed by atoms with Crippen molar-refractivity contribution in [1.29, 1.82) is 0 Å². The van der Waals surface area contributed by atoms with Crippen molar-refractivity contribution in [2.24, 2.45) is 11.8 Å². The molecule has 1 aliphatic carbocycles. The van der Waals surface area contributed by atoms with E-state index in [2.05, 4.69) is 26.5 Å². The molecule has 1 aromatic carbocycles. The highest BCUT2D eigenvalue weighted by atomic mass is 16.5. The molecule has 0 bridgehead atoms. The number of Topliss-reactive ketones (excluding diaryl/α,β-unsaturated/α-hetero) is 1. The van der Waals surface area contributed by atoms with Crippen molar-refractivity contribution in [3.8, 4) is 5.75 Å². The fourth-order valence-electron chi connectivity index (χ4n) is 3.65. The zero-order chi connectivity index (χ0) is 20.7. The molecule has 1 saturated carbocycles. The van der Waals surface area contributed by atoms with E-state index in [0.29, 0.717) is 24.5 Å². The summed E-state index contributed by atoms with van der Waals surface area (Å²) in [5, 5.41) is 0. The van der Waals surface area contributed by atoms with Gasteiger partial charge < -0.3 is 14.2 Å². The maximum absolute atomic E-state index is 12.8. The SMILES string of the molecule is C=C1C[C@@H](OCc2ccc(OC)cc2)[C@@H](OC)[C@H](C(C)=CCCC(C)C)C1=O. The highest BCUT2D eigenvalue weighted by Crippen LogP contribution is 2.34. The van der Waals surface area contributed by atoms with Gasteiger partial charge in [0.2, 0.25) is 0 Å². The molecule has 0 aromatic heterocycles. The minimum Gasteiger partial charge on any atom is -0.497 e. The molecule has 2 rings (SSSR count). The number of carbonyl (C=O) groups excluding carboxylic acids is 1. The van der Waals surface area contributed by atoms with E-state index in [4.69, 9.17) is 14.2 Å². The van der Waals surface area contributed by atoms with Gasteiger partial charge in [-0.3, -0.25) is 4.79 Å². The smallest absolute Gasteiger partial charge is 0.168 e. The van der Waals surface area contributed by atoms with E-state index in [1.165, 1.54) is 0 Å². The molecule has 0 heterocycles. The lowest BCUT2D eigenvalue weighted by Crippen LogP contribution is -2.46. The third-order valence-electron chi connectivity index (χ3n) is 5.37. The average Bonchev–Trinajstić information content (AvgIpc) is 2.68. The largest absolute Gasteiger partial charge is 0.497 e. The number of rotatable bonds is 9. The van der Waals surface area contributed by atoms with Crippen LogP contribution < -0.4 is 4.74 Å². The Morgan fingerprint density at radius 1 is 1.25 bits per heavy atom. The number of carbonyl (C=O) groups is 1. The zero-order valence-electron chi connectivity index (χ0n) is 17.9. The molecule has 28 heavy (non-hydrogen) atoms. The Morgan fingerprint density at radius 2 is 1.93 bits per heavy atom. The normalized spacial score (nSPS) is 23.4. The molecule has 0 unspecified atom stereocenters. The summed E-state index contributed by atoms with van der Waals surface area (Å²) in [7, 11) is 3.31. The topological polar surface area (TPSA) is 44.8 Å². The molecule has 1 aliphatic rings. The second-order valence-corrected chi connectivity index (χ2v) is 7.97. The Morgan fingerprint density at radius 3 is 2.50 bits per heavy atom. The lowest BCUT2D eigenvalue weighted by Gasteiger charge is -2.37. The first-order valence-electron chi connectivity index (χ1n) is 10.0. The Labute approximate surface area is 169 Å². The van der Waals surface area contributed by atoms with Gasteiger partial charge in [0.25, 0.3) is 0 Å². The summed E-state index contributed by atoms with van der Waals surface area (Å²) in [5.41, 5.74) is 2.73. The minimum absolute atomic E-state index is 0.0782. The van der Waals surface area contributed by atoms with Gasteiger partial charge in [0.15, 0.2) is 5.78 Å². The van der Waals surface area contributed by atoms with E-state index >= 15 is 0 Å². The first-order valence-corrected chi connectivity index (χ1v) is 10.0. The molecule has 0 radical (unpaired) electrons. The molecule has 1 aromatic rings. The Bertz CT molecular complexity index is 687. The number of allylic oxidation sites excluding steroid dienone is 1. The van der Waals surface area contributed by atoms with Gasteiger partial charge in [0, 0.05) is 13.5 Å². The Balaban J connectivity index is 2.10. The van der Waals surface area contributed by atoms with Crippen LogP contribution in [-0.2, 0) is 20.9 Å². The lowest BCUT2D eigenvalue weighted by molar-refractivity contribution is -0.136. The quantitative estimate of drug-likeness (QED) is 0.436. The van der Waals surface area contributed by atoms with Crippen LogP contribution >= 0.6 is 0 Å². The van der Waals surface area contributed by atoms with Crippen LogP contribution in [0.3, 0.4) is 0 Å². The third kappa shape index (κ3) is 5.79. The van der Waals surface area contributed by atoms with E-state index in [1.807, 2.05) is 31.2 Å². The highest BCUT2D eigenvalue weighted by molar-refractivity contribution is 5.99. The summed E-state index contributed by atoms with van der Waals surface area (Å²) in [6.07, 6.45) is 4.25. The molecule has 4 nitrogen and oxygen atoms in total. The molecule has 0 saturated heterocycles. The molecule has 1 fully saturated rings. The predicted octanol–water partition coefficient (Wildman–Crippen LogP) is 5.12. The molecular formula is C24H34O4. The van der Waals surface area contributed by atoms with E-state index in [1.54, 1.807) is 14.2 Å². The third-order valence-corrected chi connectivity index (χ3v) is 5.37. The number of benzene rings is 1. The van der Waals surface area contributed by atoms with Crippen LogP contribution in [0.2, 0.25) is 0 Å². The first kappa shape index (κ1) is 22.4. The summed E-state index contributed by atoms with van der Waals surface area (Å²) in [6, 6.07) is 7.80. The van der Waals surface area contributed by atoms with Crippen LogP contribution in [-0.4, -0.2) is 32.2 Å². The standard InChI is InChI=1S/C24H34O4/c1-16(2)8-7-9-17(3)22-23(25)18(4)14-21(24(22)27-6)28-15-19-10-12-20(26-5)13-11-19/h9-13,16,21-22,24H,4,7-8,14-15H2,1-3,5-6H3/t21-,22-,24-/m1/s1. The monoisotopic (exact) mass is 386 g/mol. The summed E-state index contributed by atoms with van der Waals surface area (Å²) in [5.74, 6) is 1.21. The van der Waals surface area contributed by atoms with E-state index in [9.17, 15) is 4.79 Å². The van der Waals surface area contributed by atoms with Gasteiger partial charge in [-0.1, -0.05) is 44.2 Å². The Hall–Kier alpha value is -1.91. The summed E-state index contributed by atoms with van der Waals surface area (Å²) in [6.45, 7) is 10.9. The predicted molar refractivity (Wildman–Crippen MR) is 112 cm³/mol. The molecular weight excluding hydrogens is 352 g/mol. The maximum Gasteiger partial charge on any atom is 0.168 e. The minimum atomic E-state index is -0.320. The van der Waals surface area contributed by atoms with E-state index in [-0.39, 0.29) is 23.9 Å². The Kier molecular flexibility index (Phi) is 8.46. The fourth-order valence-corrected chi connectivity index (χ4v) is 3.65. The van der Waals surface area contributed by atoms with Crippen molar-refractivity contribution >= 4 is 5.78 Å². The number of ketones is 1. The van der Waals surface area contributed by atoms with Crippen LogP contribution in [0.5, 0.6) is 5.75 Å². The van der Waals surface area contributed by atoms with Crippen LogP contribution in [0.1, 0.15) is 45.6 Å². The van der Waals surface area contributed by atoms with Crippen LogP contribution in [0.25, 0.3) is 0 Å². The maximum atomic E-state index is 12.8. The number of hydrogen-bond acceptors (Lipinski definition) is 4. The molecule has 0 amide bonds. The molecule has 0 aliphatic heterocycles. The van der Waals surface area contributed by atoms with Gasteiger partial charge in [-0.25, -0.2) is 0 Å². The van der Waals surface area contributed by atoms with Gasteiger partial charge >= 0.3 is 0 Å². The molecule has 0 N–H and O–H groups in total. The first-order chi connectivity index (χ1) is 13.4. The fraction of sp³-hybridized carbons (Fsp3) is 0.542. The molecule has 154 valence electrons. The van der Waals surface area contributed by atoms with Crippen molar-refractivity contribution in [2.75, 3.05) is 14.2 Å². The lowest BCUT2D eigenvalue weighted by atomic mass is 9.76. The van der Waals surface area contributed by atoms with Gasteiger partial charge in [-0.2, -0.15) is 0 Å². The van der Waals surface area contributed by atoms with Crippen molar-refractivity contribution in [3.63, 3.8) is 0 Å². The molecule has 0 spiro atoms. The van der Waals surface area contributed by atoms with E-state index in [0.717, 1.165) is 29.7 Å². The van der Waals surface area contributed by atoms with E-state index < -0.39 is 0 Å². The second-order valence-electron chi connectivity index (χ2n) is 7.97. The molecule has 3 atom stereocenters. The van der Waals surface area contributed by atoms with Crippen LogP contribution in [0.4, 0.5) is 0 Å². The van der Waals surface area contributed by atoms with Crippen molar-refractivity contribution in [3.05, 3.63) is 53.6 Å². The van der Waals surface area contributed by atoms with Gasteiger partial charge in [0.1, 0.15) is 5.75 Å². The summed E-state index contributed by atoms with van der Waals surface area (Å²) in [4.78, 5) is 12.8. The number of hydrogen-bond donors (Lipinski definition) is 0. The summed E-state index contributed by atoms with van der Waals surface area (Å²) >= 11 is 0. The zero-order valence-corrected chi connectivity index (χ0v) is 17.9. The number of methoxy groups -OCH3 is 2. The van der Waals surface area contributed by atoms with Crippen LogP contribution in [0, 0.1) is 11.8 Å². The molecule has 4 heteroatoms. The van der Waals surface area contributed by atoms with Gasteiger partial charge in [-0.15, -0.1) is 0 Å². The number of ether oxygens (including phenoxy) is 3.